The van der Waals surface area contributed by atoms with Crippen LogP contribution in [0.1, 0.15) is 72.3 Å². The molecule has 10 heteroatoms. The molecule has 1 aliphatic carbocycles. The number of terminal acetylenes is 1. The van der Waals surface area contributed by atoms with Gasteiger partial charge in [0.1, 0.15) is 5.75 Å². The summed E-state index contributed by atoms with van der Waals surface area (Å²) in [4.78, 5) is 29.1. The predicted octanol–water partition coefficient (Wildman–Crippen LogP) is 4.92. The Morgan fingerprint density at radius 2 is 1.82 bits per heavy atom. The highest BCUT2D eigenvalue weighted by molar-refractivity contribution is 7.87. The maximum Gasteiger partial charge on any atom is 0.303 e. The molecule has 1 N–H and O–H groups in total. The molecule has 6 rings (SSSR count). The normalized spacial score (nSPS) is 18.8. The largest absolute Gasteiger partial charge is 0.497 e. The number of benzene rings is 2. The molecule has 3 aliphatic rings. The van der Waals surface area contributed by atoms with Gasteiger partial charge < -0.3 is 14.2 Å². The van der Waals surface area contributed by atoms with E-state index in [1.54, 1.807) is 24.1 Å². The number of nitrogens with zero attached hydrogens (tertiary/aromatic N) is 3. The van der Waals surface area contributed by atoms with Crippen LogP contribution in [0.25, 0.3) is 28.2 Å². The highest BCUT2D eigenvalue weighted by atomic mass is 32.2. The zero-order valence-corrected chi connectivity index (χ0v) is 26.2. The van der Waals surface area contributed by atoms with Crippen LogP contribution in [0, 0.1) is 12.3 Å². The van der Waals surface area contributed by atoms with Crippen molar-refractivity contribution in [2.45, 2.75) is 63.5 Å². The molecule has 2 aromatic carbocycles. The van der Waals surface area contributed by atoms with Crippen molar-refractivity contribution in [2.75, 3.05) is 27.7 Å². The summed E-state index contributed by atoms with van der Waals surface area (Å²) in [6.45, 7) is 0.885. The predicted molar refractivity (Wildman–Crippen MR) is 171 cm³/mol. The van der Waals surface area contributed by atoms with Crippen LogP contribution < -0.4 is 9.46 Å². The van der Waals surface area contributed by atoms with Crippen LogP contribution in [0.2, 0.25) is 0 Å². The topological polar surface area (TPSA) is 101 Å². The zero-order chi connectivity index (χ0) is 31.2. The Morgan fingerprint density at radius 1 is 1.05 bits per heavy atom. The fourth-order valence-corrected chi connectivity index (χ4v) is 7.48. The van der Waals surface area contributed by atoms with Gasteiger partial charge in [-0.3, -0.25) is 9.59 Å². The van der Waals surface area contributed by atoms with E-state index >= 15 is 0 Å². The molecule has 0 radical (unpaired) electrons. The molecule has 1 saturated heterocycles. The Kier molecular flexibility index (Phi) is 8.03. The standard InChI is InChI=1S/C34H38N4O5S/c1-5-26-12-9-17-37(26)34(40)25-18-24-19-27(43-4)14-16-28(24)32-31(22-10-7-6-8-11-22)29-15-13-23(20-30(29)38(32)21-25)33(39)35-44(41,42)36(2)3/h1,13-16,18-20,22,26H,6-12,17,21H2,2-4H3,(H,35,39). The van der Waals surface area contributed by atoms with Gasteiger partial charge in [0, 0.05) is 48.2 Å². The molecular weight excluding hydrogens is 576 g/mol. The monoisotopic (exact) mass is 614 g/mol. The molecule has 2 fully saturated rings. The van der Waals surface area contributed by atoms with Crippen molar-refractivity contribution in [2.24, 2.45) is 0 Å². The van der Waals surface area contributed by atoms with E-state index in [9.17, 15) is 18.0 Å². The van der Waals surface area contributed by atoms with Crippen molar-refractivity contribution < 1.29 is 22.7 Å². The summed E-state index contributed by atoms with van der Waals surface area (Å²) >= 11 is 0. The van der Waals surface area contributed by atoms with Crippen molar-refractivity contribution in [1.82, 2.24) is 18.5 Å². The lowest BCUT2D eigenvalue weighted by atomic mass is 9.81. The fourth-order valence-electron chi connectivity index (χ4n) is 6.95. The number of methoxy groups -OCH3 is 1. The van der Waals surface area contributed by atoms with Crippen molar-refractivity contribution >= 4 is 39.0 Å². The van der Waals surface area contributed by atoms with E-state index in [1.165, 1.54) is 26.1 Å². The van der Waals surface area contributed by atoms with Gasteiger partial charge in [-0.25, -0.2) is 4.72 Å². The lowest BCUT2D eigenvalue weighted by molar-refractivity contribution is -0.127. The van der Waals surface area contributed by atoms with Crippen LogP contribution in [0.3, 0.4) is 0 Å². The summed E-state index contributed by atoms with van der Waals surface area (Å²) in [7, 11) is 0.382. The highest BCUT2D eigenvalue weighted by Gasteiger charge is 2.34. The molecule has 0 bridgehead atoms. The lowest BCUT2D eigenvalue weighted by Crippen LogP contribution is -2.39. The van der Waals surface area contributed by atoms with E-state index in [4.69, 9.17) is 11.2 Å². The van der Waals surface area contributed by atoms with Gasteiger partial charge in [0.15, 0.2) is 0 Å². The SMILES string of the molecule is C#CC1CCCN1C(=O)C1=Cc2cc(OC)ccc2-c2c(C3CCCCC3)c3ccc(C(=O)NS(=O)(=O)N(C)C)cc3n2C1. The van der Waals surface area contributed by atoms with Crippen LogP contribution in [0.5, 0.6) is 5.75 Å². The Morgan fingerprint density at radius 3 is 2.52 bits per heavy atom. The average molecular weight is 615 g/mol. The average Bonchev–Trinajstić information content (AvgIpc) is 3.58. The number of hydrogen-bond acceptors (Lipinski definition) is 5. The Bertz CT molecular complexity index is 1830. The van der Waals surface area contributed by atoms with Crippen molar-refractivity contribution in [3.05, 3.63) is 58.7 Å². The maximum absolute atomic E-state index is 14.1. The first-order chi connectivity index (χ1) is 21.1. The van der Waals surface area contributed by atoms with E-state index in [0.717, 1.165) is 70.6 Å². The molecule has 3 aromatic rings. The van der Waals surface area contributed by atoms with Crippen LogP contribution >= 0.6 is 0 Å². The molecular formula is C34H38N4O5S. The Hall–Kier alpha value is -4.07. The Labute approximate surface area is 259 Å². The minimum Gasteiger partial charge on any atom is -0.497 e. The third kappa shape index (κ3) is 5.29. The molecule has 9 nitrogen and oxygen atoms in total. The van der Waals surface area contributed by atoms with Gasteiger partial charge in [-0.2, -0.15) is 12.7 Å². The number of nitrogens with one attached hydrogen (secondary N) is 1. The number of hydrogen-bond donors (Lipinski definition) is 1. The summed E-state index contributed by atoms with van der Waals surface area (Å²) < 4.78 is 35.8. The summed E-state index contributed by atoms with van der Waals surface area (Å²) in [5.74, 6) is 2.98. The summed E-state index contributed by atoms with van der Waals surface area (Å²) in [6.07, 6.45) is 15.0. The molecule has 1 aromatic heterocycles. The number of rotatable bonds is 6. The van der Waals surface area contributed by atoms with Crippen molar-refractivity contribution in [3.63, 3.8) is 0 Å². The highest BCUT2D eigenvalue weighted by Crippen LogP contribution is 2.47. The van der Waals surface area contributed by atoms with Crippen LogP contribution in [0.4, 0.5) is 0 Å². The summed E-state index contributed by atoms with van der Waals surface area (Å²) in [5, 5.41) is 1.01. The molecule has 2 aliphatic heterocycles. The molecule has 3 heterocycles. The number of ether oxygens (including phenoxy) is 1. The molecule has 0 spiro atoms. The smallest absolute Gasteiger partial charge is 0.303 e. The van der Waals surface area contributed by atoms with Crippen LogP contribution in [0.15, 0.2) is 42.0 Å². The third-order valence-electron chi connectivity index (χ3n) is 9.23. The van der Waals surface area contributed by atoms with Gasteiger partial charge in [-0.1, -0.05) is 31.2 Å². The zero-order valence-electron chi connectivity index (χ0n) is 25.4. The van der Waals surface area contributed by atoms with Crippen molar-refractivity contribution in [1.29, 1.82) is 0 Å². The molecule has 1 saturated carbocycles. The molecule has 230 valence electrons. The number of fused-ring (bicyclic) bond motifs is 5. The minimum atomic E-state index is -3.98. The lowest BCUT2D eigenvalue weighted by Gasteiger charge is -2.24. The van der Waals surface area contributed by atoms with E-state index in [2.05, 4.69) is 15.2 Å². The molecule has 1 atom stereocenters. The van der Waals surface area contributed by atoms with Crippen molar-refractivity contribution in [3.8, 4) is 29.4 Å². The second-order valence-electron chi connectivity index (χ2n) is 12.1. The van der Waals surface area contributed by atoms with E-state index in [1.807, 2.05) is 30.3 Å². The maximum atomic E-state index is 14.1. The van der Waals surface area contributed by atoms with Gasteiger partial charge in [-0.05, 0) is 79.1 Å². The number of carbonyl (C=O) groups excluding carboxylic acids is 2. The number of aromatic nitrogens is 1. The minimum absolute atomic E-state index is 0.0980. The van der Waals surface area contributed by atoms with Gasteiger partial charge in [0.2, 0.25) is 0 Å². The van der Waals surface area contributed by atoms with Gasteiger partial charge >= 0.3 is 10.2 Å². The van der Waals surface area contributed by atoms with Gasteiger partial charge in [0.05, 0.1) is 25.4 Å². The molecule has 44 heavy (non-hydrogen) atoms. The summed E-state index contributed by atoms with van der Waals surface area (Å²) in [5.41, 5.74) is 5.71. The fraction of sp³-hybridized carbons (Fsp3) is 0.412. The third-order valence-corrected chi connectivity index (χ3v) is 10.6. The Balaban J connectivity index is 1.57. The van der Waals surface area contributed by atoms with Gasteiger partial charge in [0.25, 0.3) is 11.8 Å². The number of carbonyl (C=O) groups is 2. The second kappa shape index (κ2) is 11.8. The van der Waals surface area contributed by atoms with E-state index in [0.29, 0.717) is 23.8 Å². The summed E-state index contributed by atoms with van der Waals surface area (Å²) in [6, 6.07) is 11.1. The number of amides is 2. The second-order valence-corrected chi connectivity index (χ2v) is 14.0. The molecule has 1 unspecified atom stereocenters. The van der Waals surface area contributed by atoms with Crippen LogP contribution in [-0.2, 0) is 21.5 Å². The quantitative estimate of drug-likeness (QED) is 0.398. The van der Waals surface area contributed by atoms with E-state index in [-0.39, 0.29) is 24.1 Å². The number of likely N-dealkylation sites (tertiary alicyclic amines) is 1. The van der Waals surface area contributed by atoms with Gasteiger partial charge in [-0.15, -0.1) is 6.42 Å². The first kappa shape index (κ1) is 30.0. The first-order valence-electron chi connectivity index (χ1n) is 15.2. The van der Waals surface area contributed by atoms with Crippen LogP contribution in [-0.4, -0.2) is 67.8 Å². The first-order valence-corrected chi connectivity index (χ1v) is 16.6. The van der Waals surface area contributed by atoms with E-state index < -0.39 is 16.1 Å². The molecule has 2 amide bonds.